The number of amides is 1. The van der Waals surface area contributed by atoms with Crippen molar-refractivity contribution in [2.24, 2.45) is 0 Å². The zero-order valence-corrected chi connectivity index (χ0v) is 16.6. The lowest BCUT2D eigenvalue weighted by molar-refractivity contribution is 0.0636. The van der Waals surface area contributed by atoms with E-state index in [1.807, 2.05) is 0 Å². The highest BCUT2D eigenvalue weighted by molar-refractivity contribution is 7.22. The molecule has 26 heavy (non-hydrogen) atoms. The van der Waals surface area contributed by atoms with Crippen molar-refractivity contribution in [2.45, 2.75) is 26.4 Å². The number of aromatic nitrogens is 2. The van der Waals surface area contributed by atoms with Crippen LogP contribution >= 0.6 is 34.5 Å². The number of fused-ring (bicyclic) bond motifs is 1. The molecule has 0 aliphatic rings. The Kier molecular flexibility index (Phi) is 4.96. The summed E-state index contributed by atoms with van der Waals surface area (Å²) in [7, 11) is 0. The highest BCUT2D eigenvalue weighted by Crippen LogP contribution is 2.41. The summed E-state index contributed by atoms with van der Waals surface area (Å²) in [5.41, 5.74) is 7.01. The van der Waals surface area contributed by atoms with E-state index in [2.05, 4.69) is 15.3 Å². The van der Waals surface area contributed by atoms with Crippen LogP contribution in [-0.4, -0.2) is 21.7 Å². The van der Waals surface area contributed by atoms with Gasteiger partial charge in [0.1, 0.15) is 16.4 Å². The second kappa shape index (κ2) is 6.90. The van der Waals surface area contributed by atoms with Crippen LogP contribution in [0.25, 0.3) is 20.8 Å². The summed E-state index contributed by atoms with van der Waals surface area (Å²) < 4.78 is 5.99. The van der Waals surface area contributed by atoms with Crippen LogP contribution < -0.4 is 11.1 Å². The lowest BCUT2D eigenvalue weighted by Gasteiger charge is -2.20. The number of hydrogen-bond donors (Lipinski definition) is 2. The minimum Gasteiger partial charge on any atom is -0.444 e. The molecule has 1 aromatic carbocycles. The summed E-state index contributed by atoms with van der Waals surface area (Å²) >= 11 is 14.1. The van der Waals surface area contributed by atoms with Crippen LogP contribution in [-0.2, 0) is 4.74 Å². The fourth-order valence-electron chi connectivity index (χ4n) is 2.25. The molecule has 3 rings (SSSR count). The summed E-state index contributed by atoms with van der Waals surface area (Å²) in [5.74, 6) is 0.404. The van der Waals surface area contributed by atoms with Gasteiger partial charge >= 0.3 is 6.09 Å². The van der Waals surface area contributed by atoms with Gasteiger partial charge in [0.05, 0.1) is 20.3 Å². The number of pyridine rings is 1. The van der Waals surface area contributed by atoms with Crippen LogP contribution in [0.5, 0.6) is 0 Å². The van der Waals surface area contributed by atoms with Gasteiger partial charge in [-0.1, -0.05) is 23.2 Å². The molecule has 0 bridgehead atoms. The van der Waals surface area contributed by atoms with Crippen LogP contribution in [0, 0.1) is 0 Å². The average molecular weight is 411 g/mol. The number of halogens is 2. The molecule has 0 radical (unpaired) electrons. The highest BCUT2D eigenvalue weighted by Gasteiger charge is 2.19. The molecule has 136 valence electrons. The van der Waals surface area contributed by atoms with E-state index >= 15 is 0 Å². The molecule has 0 spiro atoms. The number of hydrogen-bond acceptors (Lipinski definition) is 6. The Hall–Kier alpha value is -2.09. The van der Waals surface area contributed by atoms with Gasteiger partial charge in [-0.3, -0.25) is 5.32 Å². The number of ether oxygens (including phenoxy) is 1. The van der Waals surface area contributed by atoms with Gasteiger partial charge < -0.3 is 10.5 Å². The Morgan fingerprint density at radius 1 is 1.27 bits per heavy atom. The highest BCUT2D eigenvalue weighted by atomic mass is 35.5. The predicted molar refractivity (Wildman–Crippen MR) is 107 cm³/mol. The van der Waals surface area contributed by atoms with Crippen molar-refractivity contribution in [3.63, 3.8) is 0 Å². The fraction of sp³-hybridized carbons (Fsp3) is 0.235. The van der Waals surface area contributed by atoms with Crippen LogP contribution in [0.2, 0.25) is 10.0 Å². The Labute approximate surface area is 164 Å². The van der Waals surface area contributed by atoms with Gasteiger partial charge in [0.15, 0.2) is 0 Å². The van der Waals surface area contributed by atoms with Crippen molar-refractivity contribution in [1.29, 1.82) is 0 Å². The molecule has 3 aromatic rings. The summed E-state index contributed by atoms with van der Waals surface area (Å²) in [6, 6.07) is 4.96. The van der Waals surface area contributed by atoms with Crippen molar-refractivity contribution in [2.75, 3.05) is 11.1 Å². The second-order valence-corrected chi connectivity index (χ2v) is 8.32. The molecular formula is C17H16Cl2N4O2S. The van der Waals surface area contributed by atoms with Gasteiger partial charge in [-0.05, 0) is 39.0 Å². The number of benzene rings is 1. The van der Waals surface area contributed by atoms with Gasteiger partial charge in [0, 0.05) is 17.4 Å². The first kappa shape index (κ1) is 18.7. The summed E-state index contributed by atoms with van der Waals surface area (Å²) in [6.45, 7) is 5.34. The average Bonchev–Trinajstić information content (AvgIpc) is 2.89. The number of anilines is 2. The van der Waals surface area contributed by atoms with E-state index in [0.717, 1.165) is 10.2 Å². The summed E-state index contributed by atoms with van der Waals surface area (Å²) in [4.78, 5) is 20.5. The molecule has 0 aliphatic heterocycles. The van der Waals surface area contributed by atoms with Crippen LogP contribution in [0.3, 0.4) is 0 Å². The van der Waals surface area contributed by atoms with E-state index < -0.39 is 11.7 Å². The first-order chi connectivity index (χ1) is 12.1. The number of rotatable bonds is 2. The van der Waals surface area contributed by atoms with Gasteiger partial charge in [0.25, 0.3) is 0 Å². The Morgan fingerprint density at radius 3 is 2.50 bits per heavy atom. The topological polar surface area (TPSA) is 90.1 Å². The Bertz CT molecular complexity index is 975. The molecule has 6 nitrogen and oxygen atoms in total. The molecule has 0 aliphatic carbocycles. The lowest BCUT2D eigenvalue weighted by Crippen LogP contribution is -2.27. The third-order valence-electron chi connectivity index (χ3n) is 3.23. The molecule has 1 amide bonds. The van der Waals surface area contributed by atoms with Gasteiger partial charge in [0.2, 0.25) is 0 Å². The van der Waals surface area contributed by atoms with Crippen LogP contribution in [0.4, 0.5) is 16.3 Å². The molecule has 0 atom stereocenters. The zero-order chi connectivity index (χ0) is 19.1. The van der Waals surface area contributed by atoms with Crippen molar-refractivity contribution in [3.05, 3.63) is 34.4 Å². The number of carbonyl (C=O) groups is 1. The standard InChI is InChI=1S/C17H16Cl2N4O2S/c1-17(2,3)25-16(24)22-8-6-9(18)12(10(19)7-8)15-23-11-4-5-21-14(20)13(11)26-15/h4-7H,1-3H3,(H2,20,21)(H,22,24). The molecule has 0 saturated carbocycles. The molecule has 0 fully saturated rings. The third kappa shape index (κ3) is 4.00. The number of nitrogens with one attached hydrogen (secondary N) is 1. The van der Waals surface area contributed by atoms with Gasteiger partial charge in [-0.15, -0.1) is 11.3 Å². The maximum atomic E-state index is 11.9. The molecule has 2 aromatic heterocycles. The summed E-state index contributed by atoms with van der Waals surface area (Å²) in [5, 5.41) is 3.95. The van der Waals surface area contributed by atoms with Crippen molar-refractivity contribution < 1.29 is 9.53 Å². The van der Waals surface area contributed by atoms with Gasteiger partial charge in [-0.2, -0.15) is 0 Å². The second-order valence-electron chi connectivity index (χ2n) is 6.51. The predicted octanol–water partition coefficient (Wildman–Crippen LogP) is 5.59. The number of nitrogens with two attached hydrogens (primary N) is 1. The lowest BCUT2D eigenvalue weighted by atomic mass is 10.2. The van der Waals surface area contributed by atoms with E-state index in [-0.39, 0.29) is 0 Å². The maximum absolute atomic E-state index is 11.9. The van der Waals surface area contributed by atoms with E-state index in [0.29, 0.717) is 32.1 Å². The molecule has 0 unspecified atom stereocenters. The van der Waals surface area contributed by atoms with Gasteiger partial charge in [-0.25, -0.2) is 14.8 Å². The number of nitrogen functional groups attached to an aromatic ring is 1. The first-order valence-electron chi connectivity index (χ1n) is 7.64. The molecular weight excluding hydrogens is 395 g/mol. The van der Waals surface area contributed by atoms with E-state index in [9.17, 15) is 4.79 Å². The smallest absolute Gasteiger partial charge is 0.412 e. The largest absolute Gasteiger partial charge is 0.444 e. The Morgan fingerprint density at radius 2 is 1.92 bits per heavy atom. The van der Waals surface area contributed by atoms with Crippen LogP contribution in [0.15, 0.2) is 24.4 Å². The van der Waals surface area contributed by atoms with Crippen molar-refractivity contribution >= 4 is 62.4 Å². The monoisotopic (exact) mass is 410 g/mol. The number of carbonyl (C=O) groups excluding carboxylic acids is 1. The number of nitrogens with zero attached hydrogens (tertiary/aromatic N) is 2. The maximum Gasteiger partial charge on any atom is 0.412 e. The van der Waals surface area contributed by atoms with Crippen molar-refractivity contribution in [1.82, 2.24) is 9.97 Å². The SMILES string of the molecule is CC(C)(C)OC(=O)Nc1cc(Cl)c(-c2nc3ccnc(N)c3s2)c(Cl)c1. The van der Waals surface area contributed by atoms with Crippen LogP contribution in [0.1, 0.15) is 20.8 Å². The third-order valence-corrected chi connectivity index (χ3v) is 4.94. The molecule has 2 heterocycles. The first-order valence-corrected chi connectivity index (χ1v) is 9.22. The molecule has 9 heteroatoms. The Balaban J connectivity index is 1.94. The zero-order valence-electron chi connectivity index (χ0n) is 14.3. The summed E-state index contributed by atoms with van der Waals surface area (Å²) in [6.07, 6.45) is 1.01. The van der Waals surface area contributed by atoms with E-state index in [4.69, 9.17) is 33.7 Å². The van der Waals surface area contributed by atoms with E-state index in [1.54, 1.807) is 45.2 Å². The normalized spacial score (nSPS) is 11.6. The molecule has 0 saturated heterocycles. The van der Waals surface area contributed by atoms with Crippen molar-refractivity contribution in [3.8, 4) is 10.6 Å². The minimum absolute atomic E-state index is 0.356. The minimum atomic E-state index is -0.605. The van der Waals surface area contributed by atoms with E-state index in [1.165, 1.54) is 11.3 Å². The number of thiazole rings is 1. The molecule has 3 N–H and O–H groups in total. The quantitative estimate of drug-likeness (QED) is 0.573. The fourth-order valence-corrected chi connectivity index (χ4v) is 4.07.